The number of aromatic carboxylic acids is 1. The first kappa shape index (κ1) is 13.4. The number of ketones is 1. The fourth-order valence-corrected chi connectivity index (χ4v) is 1.88. The van der Waals surface area contributed by atoms with Crippen molar-refractivity contribution in [1.29, 1.82) is 0 Å². The summed E-state index contributed by atoms with van der Waals surface area (Å²) in [5, 5.41) is 28.1. The van der Waals surface area contributed by atoms with Crippen LogP contribution in [0.4, 0.5) is 5.69 Å². The number of carboxylic acid groups (broad SMARTS) is 1. The Balaban J connectivity index is 2.61. The Morgan fingerprint density at radius 2 is 1.60 bits per heavy atom. The zero-order valence-electron chi connectivity index (χ0n) is 10.2. The first-order valence-electron chi connectivity index (χ1n) is 5.60. The monoisotopic (exact) mass is 273 g/mol. The van der Waals surface area contributed by atoms with Crippen LogP contribution in [-0.4, -0.2) is 27.1 Å². The van der Waals surface area contributed by atoms with Crippen molar-refractivity contribution in [2.24, 2.45) is 0 Å². The molecule has 2 rings (SSSR count). The molecule has 0 spiro atoms. The van der Waals surface area contributed by atoms with Crippen LogP contribution in [0.25, 0.3) is 0 Å². The lowest BCUT2D eigenvalue weighted by atomic mass is 9.96. The van der Waals surface area contributed by atoms with Crippen LogP contribution >= 0.6 is 0 Å². The van der Waals surface area contributed by atoms with Crippen molar-refractivity contribution >= 4 is 17.4 Å². The second kappa shape index (κ2) is 4.93. The molecule has 0 aliphatic heterocycles. The van der Waals surface area contributed by atoms with Crippen LogP contribution in [0.2, 0.25) is 0 Å². The molecule has 6 nitrogen and oxygen atoms in total. The number of rotatable bonds is 3. The Labute approximate surface area is 113 Å². The normalized spacial score (nSPS) is 10.2. The fraction of sp³-hybridized carbons (Fsp3) is 0. The van der Waals surface area contributed by atoms with Gasteiger partial charge in [-0.05, 0) is 6.07 Å². The molecule has 0 amide bonds. The van der Waals surface area contributed by atoms with Gasteiger partial charge in [0, 0.05) is 17.7 Å². The Morgan fingerprint density at radius 3 is 2.15 bits per heavy atom. The molecule has 5 N–H and O–H groups in total. The third kappa shape index (κ3) is 2.26. The van der Waals surface area contributed by atoms with E-state index in [4.69, 9.17) is 10.8 Å². The van der Waals surface area contributed by atoms with Crippen molar-refractivity contribution in [3.8, 4) is 11.5 Å². The van der Waals surface area contributed by atoms with Gasteiger partial charge in [0.1, 0.15) is 11.5 Å². The van der Waals surface area contributed by atoms with Crippen molar-refractivity contribution in [1.82, 2.24) is 0 Å². The number of nitrogen functional groups attached to an aromatic ring is 1. The number of benzene rings is 2. The highest BCUT2D eigenvalue weighted by molar-refractivity contribution is 6.17. The molecule has 2 aromatic carbocycles. The van der Waals surface area contributed by atoms with Crippen molar-refractivity contribution in [2.75, 3.05) is 5.73 Å². The lowest BCUT2D eigenvalue weighted by Crippen LogP contribution is -2.11. The summed E-state index contributed by atoms with van der Waals surface area (Å²) in [6, 6.07) is 7.68. The average molecular weight is 273 g/mol. The number of hydrogen-bond acceptors (Lipinski definition) is 5. The van der Waals surface area contributed by atoms with Gasteiger partial charge in [-0.25, -0.2) is 4.79 Å². The van der Waals surface area contributed by atoms with Gasteiger partial charge >= 0.3 is 5.97 Å². The Kier molecular flexibility index (Phi) is 3.30. The van der Waals surface area contributed by atoms with Crippen LogP contribution in [-0.2, 0) is 0 Å². The van der Waals surface area contributed by atoms with Crippen LogP contribution in [0.15, 0.2) is 36.4 Å². The third-order valence-corrected chi connectivity index (χ3v) is 2.76. The summed E-state index contributed by atoms with van der Waals surface area (Å²) in [4.78, 5) is 23.4. The minimum atomic E-state index is -1.26. The maximum atomic E-state index is 12.3. The van der Waals surface area contributed by atoms with E-state index < -0.39 is 17.5 Å². The van der Waals surface area contributed by atoms with E-state index in [9.17, 15) is 19.8 Å². The molecule has 0 radical (unpaired) electrons. The minimum Gasteiger partial charge on any atom is -0.508 e. The third-order valence-electron chi connectivity index (χ3n) is 2.76. The number of phenols is 2. The van der Waals surface area contributed by atoms with E-state index in [1.165, 1.54) is 24.3 Å². The molecule has 2 aromatic rings. The van der Waals surface area contributed by atoms with Gasteiger partial charge in [0.05, 0.1) is 16.8 Å². The van der Waals surface area contributed by atoms with Gasteiger partial charge in [0.15, 0.2) is 5.78 Å². The summed E-state index contributed by atoms with van der Waals surface area (Å²) in [5.74, 6) is -2.78. The average Bonchev–Trinajstić information content (AvgIpc) is 2.37. The summed E-state index contributed by atoms with van der Waals surface area (Å²) in [6.07, 6.45) is 0. The topological polar surface area (TPSA) is 121 Å². The molecular weight excluding hydrogens is 262 g/mol. The highest BCUT2D eigenvalue weighted by Crippen LogP contribution is 2.31. The van der Waals surface area contributed by atoms with E-state index >= 15 is 0 Å². The predicted molar refractivity (Wildman–Crippen MR) is 71.0 cm³/mol. The highest BCUT2D eigenvalue weighted by atomic mass is 16.4. The number of aromatic hydroxyl groups is 2. The van der Waals surface area contributed by atoms with E-state index in [0.717, 1.165) is 12.1 Å². The summed E-state index contributed by atoms with van der Waals surface area (Å²) in [7, 11) is 0. The number of hydrogen-bond donors (Lipinski definition) is 4. The van der Waals surface area contributed by atoms with Gasteiger partial charge in [0.25, 0.3) is 0 Å². The van der Waals surface area contributed by atoms with Crippen molar-refractivity contribution < 1.29 is 24.9 Å². The molecule has 0 saturated heterocycles. The second-order valence-electron chi connectivity index (χ2n) is 4.11. The number of carbonyl (C=O) groups excluding carboxylic acids is 1. The zero-order chi connectivity index (χ0) is 14.9. The van der Waals surface area contributed by atoms with Crippen LogP contribution in [0.3, 0.4) is 0 Å². The fourth-order valence-electron chi connectivity index (χ4n) is 1.88. The minimum absolute atomic E-state index is 0.0901. The molecule has 0 heterocycles. The van der Waals surface area contributed by atoms with Crippen molar-refractivity contribution in [2.45, 2.75) is 0 Å². The molecule has 0 bridgehead atoms. The van der Waals surface area contributed by atoms with Gasteiger partial charge < -0.3 is 21.1 Å². The van der Waals surface area contributed by atoms with Gasteiger partial charge in [-0.15, -0.1) is 0 Å². The van der Waals surface area contributed by atoms with E-state index in [0.29, 0.717) is 0 Å². The quantitative estimate of drug-likeness (QED) is 0.498. The standard InChI is InChI=1S/C14H11NO5/c15-10-5-7(16)6-11(17)12(10)13(18)8-3-1-2-4-9(8)14(19)20/h1-6,16-17H,15H2,(H,19,20). The summed E-state index contributed by atoms with van der Waals surface area (Å²) in [6.45, 7) is 0. The van der Waals surface area contributed by atoms with Gasteiger partial charge in [-0.1, -0.05) is 18.2 Å². The maximum Gasteiger partial charge on any atom is 0.336 e. The highest BCUT2D eigenvalue weighted by Gasteiger charge is 2.22. The summed E-state index contributed by atoms with van der Waals surface area (Å²) in [5.41, 5.74) is 4.95. The first-order valence-corrected chi connectivity index (χ1v) is 5.60. The lowest BCUT2D eigenvalue weighted by molar-refractivity contribution is 0.0692. The van der Waals surface area contributed by atoms with Gasteiger partial charge in [-0.3, -0.25) is 4.79 Å². The molecule has 0 aliphatic rings. The van der Waals surface area contributed by atoms with Crippen LogP contribution in [0.5, 0.6) is 11.5 Å². The summed E-state index contributed by atoms with van der Waals surface area (Å²) >= 11 is 0. The first-order chi connectivity index (χ1) is 9.41. The van der Waals surface area contributed by atoms with Crippen LogP contribution in [0.1, 0.15) is 26.3 Å². The molecule has 0 aliphatic carbocycles. The van der Waals surface area contributed by atoms with Crippen molar-refractivity contribution in [3.63, 3.8) is 0 Å². The van der Waals surface area contributed by atoms with E-state index in [-0.39, 0.29) is 28.1 Å². The number of anilines is 1. The molecule has 0 fully saturated rings. The number of carboxylic acids is 1. The molecule has 20 heavy (non-hydrogen) atoms. The van der Waals surface area contributed by atoms with Gasteiger partial charge in [-0.2, -0.15) is 0 Å². The summed E-state index contributed by atoms with van der Waals surface area (Å²) < 4.78 is 0. The van der Waals surface area contributed by atoms with E-state index in [2.05, 4.69) is 0 Å². The zero-order valence-corrected chi connectivity index (χ0v) is 10.2. The van der Waals surface area contributed by atoms with Crippen LogP contribution < -0.4 is 5.73 Å². The molecular formula is C14H11NO5. The smallest absolute Gasteiger partial charge is 0.336 e. The molecule has 0 saturated carbocycles. The number of nitrogens with two attached hydrogens (primary N) is 1. The lowest BCUT2D eigenvalue weighted by Gasteiger charge is -2.10. The van der Waals surface area contributed by atoms with Crippen LogP contribution in [0, 0.1) is 0 Å². The van der Waals surface area contributed by atoms with Crippen molar-refractivity contribution in [3.05, 3.63) is 53.1 Å². The molecule has 0 aromatic heterocycles. The Hall–Kier alpha value is -3.02. The van der Waals surface area contributed by atoms with E-state index in [1.54, 1.807) is 0 Å². The molecule has 102 valence electrons. The molecule has 0 atom stereocenters. The van der Waals surface area contributed by atoms with Gasteiger partial charge in [0.2, 0.25) is 0 Å². The second-order valence-corrected chi connectivity index (χ2v) is 4.11. The SMILES string of the molecule is Nc1cc(O)cc(O)c1C(=O)c1ccccc1C(=O)O. The Bertz CT molecular complexity index is 685. The molecule has 6 heteroatoms. The number of carbonyl (C=O) groups is 2. The Morgan fingerprint density at radius 1 is 1.00 bits per heavy atom. The number of phenolic OH excluding ortho intramolecular Hbond substituents is 2. The molecule has 0 unspecified atom stereocenters. The predicted octanol–water partition coefficient (Wildman–Crippen LogP) is 1.61. The van der Waals surface area contributed by atoms with E-state index in [1.807, 2.05) is 0 Å². The maximum absolute atomic E-state index is 12.3. The largest absolute Gasteiger partial charge is 0.508 e.